The Morgan fingerprint density at radius 3 is 2.55 bits per heavy atom. The van der Waals surface area contributed by atoms with Gasteiger partial charge in [-0.3, -0.25) is 14.9 Å². The van der Waals surface area contributed by atoms with Crippen molar-refractivity contribution in [3.8, 4) is 16.9 Å². The number of carbonyl (C=O) groups excluding carboxylic acids is 1. The van der Waals surface area contributed by atoms with Gasteiger partial charge in [0.2, 0.25) is 12.2 Å². The van der Waals surface area contributed by atoms with Crippen LogP contribution in [0.3, 0.4) is 0 Å². The molecular weight excluding hydrogens is 408 g/mol. The summed E-state index contributed by atoms with van der Waals surface area (Å²) in [5.41, 5.74) is 1.41. The van der Waals surface area contributed by atoms with Gasteiger partial charge < -0.3 is 30.1 Å². The van der Waals surface area contributed by atoms with Crippen LogP contribution in [0.4, 0.5) is 5.69 Å². The van der Waals surface area contributed by atoms with Gasteiger partial charge in [-0.15, -0.1) is 0 Å². The molecule has 0 aliphatic carbocycles. The van der Waals surface area contributed by atoms with E-state index in [2.05, 4.69) is 5.32 Å². The van der Waals surface area contributed by atoms with E-state index in [0.29, 0.717) is 5.56 Å². The van der Waals surface area contributed by atoms with E-state index < -0.39 is 48.1 Å². The van der Waals surface area contributed by atoms with E-state index in [0.717, 1.165) is 5.56 Å². The Kier molecular flexibility index (Phi) is 6.86. The normalized spacial score (nSPS) is 25.6. The summed E-state index contributed by atoms with van der Waals surface area (Å²) in [7, 11) is 0. The molecule has 1 saturated heterocycles. The summed E-state index contributed by atoms with van der Waals surface area (Å²) >= 11 is 0. The van der Waals surface area contributed by atoms with Crippen LogP contribution in [0.5, 0.6) is 5.75 Å². The van der Waals surface area contributed by atoms with Gasteiger partial charge in [0.25, 0.3) is 5.69 Å². The average Bonchev–Trinajstić information content (AvgIpc) is 2.72. The van der Waals surface area contributed by atoms with Gasteiger partial charge in [0.1, 0.15) is 35.7 Å². The molecule has 1 aliphatic rings. The van der Waals surface area contributed by atoms with Crippen molar-refractivity contribution in [1.82, 2.24) is 5.32 Å². The topological polar surface area (TPSA) is 151 Å². The third-order valence-electron chi connectivity index (χ3n) is 5.00. The predicted molar refractivity (Wildman–Crippen MR) is 109 cm³/mol. The number of aryl methyl sites for hydroxylation is 1. The molecule has 0 radical (unpaired) electrons. The summed E-state index contributed by atoms with van der Waals surface area (Å²) in [6, 6.07) is 10.2. The van der Waals surface area contributed by atoms with Crippen LogP contribution in [0, 0.1) is 17.0 Å². The number of benzene rings is 2. The lowest BCUT2D eigenvalue weighted by molar-refractivity contribution is -0.384. The molecule has 0 saturated carbocycles. The van der Waals surface area contributed by atoms with Gasteiger partial charge in [-0.05, 0) is 18.6 Å². The Balaban J connectivity index is 2.06. The fourth-order valence-electron chi connectivity index (χ4n) is 3.56. The van der Waals surface area contributed by atoms with Crippen LogP contribution in [0.1, 0.15) is 12.5 Å². The molecule has 2 aromatic rings. The number of nitro benzene ring substituents is 1. The van der Waals surface area contributed by atoms with E-state index in [1.54, 1.807) is 18.2 Å². The monoisotopic (exact) mass is 432 g/mol. The first-order chi connectivity index (χ1) is 14.7. The Bertz CT molecular complexity index is 966. The minimum atomic E-state index is -1.50. The Labute approximate surface area is 178 Å². The molecule has 0 bridgehead atoms. The van der Waals surface area contributed by atoms with Gasteiger partial charge in [0, 0.05) is 13.0 Å². The highest BCUT2D eigenvalue weighted by molar-refractivity contribution is 5.80. The molecule has 10 nitrogen and oxygen atoms in total. The van der Waals surface area contributed by atoms with Crippen molar-refractivity contribution < 1.29 is 34.5 Å². The highest BCUT2D eigenvalue weighted by Crippen LogP contribution is 2.39. The van der Waals surface area contributed by atoms with Crippen LogP contribution in [0.2, 0.25) is 0 Å². The zero-order chi connectivity index (χ0) is 22.7. The van der Waals surface area contributed by atoms with Gasteiger partial charge in [-0.1, -0.05) is 35.9 Å². The van der Waals surface area contributed by atoms with E-state index in [-0.39, 0.29) is 17.0 Å². The molecule has 3 rings (SSSR count). The second-order valence-electron chi connectivity index (χ2n) is 7.33. The highest BCUT2D eigenvalue weighted by atomic mass is 16.7. The zero-order valence-corrected chi connectivity index (χ0v) is 17.0. The molecule has 5 atom stereocenters. The second kappa shape index (κ2) is 9.40. The number of aliphatic hydroxyl groups is 3. The molecule has 4 N–H and O–H groups in total. The molecule has 0 aromatic heterocycles. The number of ether oxygens (including phenoxy) is 2. The fourth-order valence-corrected chi connectivity index (χ4v) is 3.56. The van der Waals surface area contributed by atoms with Crippen molar-refractivity contribution in [2.45, 2.75) is 44.5 Å². The summed E-state index contributed by atoms with van der Waals surface area (Å²) in [4.78, 5) is 22.8. The van der Waals surface area contributed by atoms with E-state index in [1.807, 2.05) is 13.0 Å². The van der Waals surface area contributed by atoms with E-state index in [4.69, 9.17) is 9.47 Å². The van der Waals surface area contributed by atoms with Crippen molar-refractivity contribution in [3.63, 3.8) is 0 Å². The zero-order valence-electron chi connectivity index (χ0n) is 17.0. The van der Waals surface area contributed by atoms with E-state index >= 15 is 0 Å². The maximum atomic E-state index is 11.7. The SMILES string of the molecule is CC(=O)NC1[C@H](Oc2cccc([N+](=O)[O-])c2-c2cccc(C)c2)OC(CO)[C@H](O)[C@@H]1O. The first-order valence-corrected chi connectivity index (χ1v) is 9.63. The van der Waals surface area contributed by atoms with Crippen molar-refractivity contribution in [2.75, 3.05) is 6.61 Å². The maximum absolute atomic E-state index is 11.7. The minimum Gasteiger partial charge on any atom is -0.462 e. The molecular formula is C21H24N2O8. The van der Waals surface area contributed by atoms with Gasteiger partial charge >= 0.3 is 0 Å². The van der Waals surface area contributed by atoms with Crippen molar-refractivity contribution in [2.24, 2.45) is 0 Å². The smallest absolute Gasteiger partial charge is 0.280 e. The van der Waals surface area contributed by atoms with Gasteiger partial charge in [0.05, 0.1) is 11.5 Å². The molecule has 1 aliphatic heterocycles. The van der Waals surface area contributed by atoms with Gasteiger partial charge in [-0.25, -0.2) is 0 Å². The summed E-state index contributed by atoms with van der Waals surface area (Å²) in [6.07, 6.45) is -5.47. The van der Waals surface area contributed by atoms with Crippen LogP contribution in [0.25, 0.3) is 11.1 Å². The number of amides is 1. The molecule has 0 spiro atoms. The minimum absolute atomic E-state index is 0.0837. The Morgan fingerprint density at radius 2 is 1.94 bits per heavy atom. The van der Waals surface area contributed by atoms with E-state index in [1.165, 1.54) is 25.1 Å². The quantitative estimate of drug-likeness (QED) is 0.388. The highest BCUT2D eigenvalue weighted by Gasteiger charge is 2.46. The molecule has 10 heteroatoms. The molecule has 2 unspecified atom stereocenters. The number of nitro groups is 1. The third-order valence-corrected chi connectivity index (χ3v) is 5.00. The first-order valence-electron chi connectivity index (χ1n) is 9.63. The average molecular weight is 432 g/mol. The summed E-state index contributed by atoms with van der Waals surface area (Å²) in [5.74, 6) is -0.422. The number of carbonyl (C=O) groups is 1. The summed E-state index contributed by atoms with van der Waals surface area (Å²) in [6.45, 7) is 2.46. The maximum Gasteiger partial charge on any atom is 0.280 e. The van der Waals surface area contributed by atoms with Crippen molar-refractivity contribution in [1.29, 1.82) is 0 Å². The van der Waals surface area contributed by atoms with Crippen LogP contribution in [-0.4, -0.2) is 63.4 Å². The standard InChI is InChI=1S/C21H24N2O8/c1-11-5-3-6-13(9-11)17-14(23(28)29)7-4-8-15(17)30-21-18(22-12(2)25)20(27)19(26)16(10-24)31-21/h3-9,16,18-21,24,26-27H,10H2,1-2H3,(H,22,25)/t16?,18?,19-,20+,21+/m0/s1. The lowest BCUT2D eigenvalue weighted by Gasteiger charge is -2.42. The molecule has 2 aromatic carbocycles. The fraction of sp³-hybridized carbons (Fsp3) is 0.381. The van der Waals surface area contributed by atoms with E-state index in [9.17, 15) is 30.2 Å². The molecule has 166 valence electrons. The van der Waals surface area contributed by atoms with Crippen molar-refractivity contribution >= 4 is 11.6 Å². The predicted octanol–water partition coefficient (Wildman–Crippen LogP) is 0.893. The van der Waals surface area contributed by atoms with Crippen LogP contribution >= 0.6 is 0 Å². The van der Waals surface area contributed by atoms with Gasteiger partial charge in [0.15, 0.2) is 0 Å². The van der Waals surface area contributed by atoms with Crippen LogP contribution < -0.4 is 10.1 Å². The summed E-state index contributed by atoms with van der Waals surface area (Å²) < 4.78 is 11.5. The van der Waals surface area contributed by atoms with Crippen molar-refractivity contribution in [3.05, 3.63) is 58.1 Å². The number of hydrogen-bond donors (Lipinski definition) is 4. The number of nitrogens with one attached hydrogen (secondary N) is 1. The molecule has 31 heavy (non-hydrogen) atoms. The number of nitrogens with zero attached hydrogens (tertiary/aromatic N) is 1. The molecule has 1 amide bonds. The molecule has 1 heterocycles. The lowest BCUT2D eigenvalue weighted by Crippen LogP contribution is -2.65. The van der Waals surface area contributed by atoms with Crippen LogP contribution in [0.15, 0.2) is 42.5 Å². The van der Waals surface area contributed by atoms with Gasteiger partial charge in [-0.2, -0.15) is 0 Å². The number of hydrogen-bond acceptors (Lipinski definition) is 8. The largest absolute Gasteiger partial charge is 0.462 e. The number of rotatable bonds is 6. The molecule has 1 fully saturated rings. The first kappa shape index (κ1) is 22.6. The Hall–Kier alpha value is -3.05. The van der Waals surface area contributed by atoms with Crippen LogP contribution in [-0.2, 0) is 9.53 Å². The lowest BCUT2D eigenvalue weighted by atomic mass is 9.96. The number of aliphatic hydroxyl groups excluding tert-OH is 3. The third kappa shape index (κ3) is 4.83. The Morgan fingerprint density at radius 1 is 1.23 bits per heavy atom. The summed E-state index contributed by atoms with van der Waals surface area (Å²) in [5, 5.41) is 44.2. The second-order valence-corrected chi connectivity index (χ2v) is 7.33.